The Labute approximate surface area is 96.8 Å². The molecule has 0 saturated carbocycles. The van der Waals surface area contributed by atoms with E-state index in [0.29, 0.717) is 5.57 Å². The molecule has 0 radical (unpaired) electrons. The van der Waals surface area contributed by atoms with Gasteiger partial charge in [0.1, 0.15) is 0 Å². The zero-order valence-corrected chi connectivity index (χ0v) is 9.50. The lowest BCUT2D eigenvalue weighted by Crippen LogP contribution is -2.50. The van der Waals surface area contributed by atoms with Gasteiger partial charge in [0.2, 0.25) is 0 Å². The summed E-state index contributed by atoms with van der Waals surface area (Å²) in [5.74, 6) is -1.98. The van der Waals surface area contributed by atoms with Crippen LogP contribution in [-0.4, -0.2) is 37.6 Å². The van der Waals surface area contributed by atoms with Crippen LogP contribution in [0.2, 0.25) is 0 Å². The Morgan fingerprint density at radius 3 is 2.65 bits per heavy atom. The van der Waals surface area contributed by atoms with Crippen LogP contribution in [0.4, 0.5) is 13.2 Å². The van der Waals surface area contributed by atoms with Gasteiger partial charge in [-0.3, -0.25) is 4.79 Å². The van der Waals surface area contributed by atoms with Gasteiger partial charge in [-0.05, 0) is 12.5 Å². The highest BCUT2D eigenvalue weighted by atomic mass is 19.4. The van der Waals surface area contributed by atoms with Crippen LogP contribution in [0.25, 0.3) is 0 Å². The SMILES string of the molecule is C=C1[C@@H](NC(=O)C(F)(F)F)C[C@H](OC)O[C@H]1C. The molecule has 1 N–H and O–H groups in total. The summed E-state index contributed by atoms with van der Waals surface area (Å²) in [6.45, 7) is 5.26. The van der Waals surface area contributed by atoms with Gasteiger partial charge in [-0.2, -0.15) is 13.2 Å². The number of amides is 1. The second-order valence-corrected chi connectivity index (χ2v) is 3.78. The largest absolute Gasteiger partial charge is 0.471 e. The quantitative estimate of drug-likeness (QED) is 0.756. The van der Waals surface area contributed by atoms with Crippen molar-refractivity contribution in [3.05, 3.63) is 12.2 Å². The van der Waals surface area contributed by atoms with Crippen molar-refractivity contribution in [3.8, 4) is 0 Å². The molecule has 0 spiro atoms. The molecule has 0 bridgehead atoms. The average Bonchev–Trinajstić information content (AvgIpc) is 2.22. The van der Waals surface area contributed by atoms with Crippen molar-refractivity contribution in [1.82, 2.24) is 5.32 Å². The first kappa shape index (κ1) is 14.0. The number of carbonyl (C=O) groups is 1. The highest BCUT2D eigenvalue weighted by Crippen LogP contribution is 2.25. The Kier molecular flexibility index (Phi) is 4.16. The van der Waals surface area contributed by atoms with Crippen molar-refractivity contribution in [2.75, 3.05) is 7.11 Å². The van der Waals surface area contributed by atoms with Crippen molar-refractivity contribution in [2.24, 2.45) is 0 Å². The highest BCUT2D eigenvalue weighted by molar-refractivity contribution is 5.82. The van der Waals surface area contributed by atoms with Crippen LogP contribution in [0.5, 0.6) is 0 Å². The van der Waals surface area contributed by atoms with E-state index in [9.17, 15) is 18.0 Å². The summed E-state index contributed by atoms with van der Waals surface area (Å²) in [7, 11) is 1.38. The zero-order valence-electron chi connectivity index (χ0n) is 9.50. The lowest BCUT2D eigenvalue weighted by molar-refractivity contribution is -0.180. The first-order chi connectivity index (χ1) is 7.75. The zero-order chi connectivity index (χ0) is 13.2. The summed E-state index contributed by atoms with van der Waals surface area (Å²) < 4.78 is 46.5. The predicted octanol–water partition coefficient (Wildman–Crippen LogP) is 1.37. The number of ether oxygens (including phenoxy) is 2. The van der Waals surface area contributed by atoms with Gasteiger partial charge in [-0.15, -0.1) is 0 Å². The molecule has 0 aromatic carbocycles. The third-order valence-electron chi connectivity index (χ3n) is 2.58. The van der Waals surface area contributed by atoms with E-state index >= 15 is 0 Å². The molecule has 1 amide bonds. The standard InChI is InChI=1S/C10H14F3NO3/c1-5-6(2)17-8(16-3)4-7(5)14-9(15)10(11,12)13/h6-8H,1,4H2,2-3H3,(H,14,15)/t6-,7-,8+/m0/s1. The minimum atomic E-state index is -4.90. The monoisotopic (exact) mass is 253 g/mol. The van der Waals surface area contributed by atoms with E-state index in [0.717, 1.165) is 0 Å². The van der Waals surface area contributed by atoms with Gasteiger partial charge in [0.05, 0.1) is 12.1 Å². The molecular weight excluding hydrogens is 239 g/mol. The lowest BCUT2D eigenvalue weighted by atomic mass is 9.97. The number of methoxy groups -OCH3 is 1. The first-order valence-corrected chi connectivity index (χ1v) is 5.00. The summed E-state index contributed by atoms with van der Waals surface area (Å²) in [6.07, 6.45) is -5.90. The summed E-state index contributed by atoms with van der Waals surface area (Å²) in [6, 6.07) is -0.794. The smallest absolute Gasteiger partial charge is 0.356 e. The average molecular weight is 253 g/mol. The fourth-order valence-corrected chi connectivity index (χ4v) is 1.54. The normalized spacial score (nSPS) is 30.2. The van der Waals surface area contributed by atoms with Crippen molar-refractivity contribution in [2.45, 2.75) is 38.0 Å². The minimum absolute atomic E-state index is 0.113. The number of nitrogens with one attached hydrogen (secondary N) is 1. The molecule has 1 aliphatic heterocycles. The van der Waals surface area contributed by atoms with E-state index in [-0.39, 0.29) is 6.42 Å². The molecule has 4 nitrogen and oxygen atoms in total. The van der Waals surface area contributed by atoms with Gasteiger partial charge >= 0.3 is 12.1 Å². The van der Waals surface area contributed by atoms with Crippen LogP contribution in [0.1, 0.15) is 13.3 Å². The van der Waals surface area contributed by atoms with E-state index in [1.54, 1.807) is 6.92 Å². The van der Waals surface area contributed by atoms with Crippen molar-refractivity contribution < 1.29 is 27.4 Å². The number of halogens is 3. The van der Waals surface area contributed by atoms with Gasteiger partial charge in [-0.25, -0.2) is 0 Å². The van der Waals surface area contributed by atoms with E-state index in [4.69, 9.17) is 9.47 Å². The summed E-state index contributed by atoms with van der Waals surface area (Å²) in [5.41, 5.74) is 0.399. The molecular formula is C10H14F3NO3. The molecule has 1 fully saturated rings. The van der Waals surface area contributed by atoms with Gasteiger partial charge in [0.25, 0.3) is 0 Å². The Morgan fingerprint density at radius 2 is 2.18 bits per heavy atom. The summed E-state index contributed by atoms with van der Waals surface area (Å²) in [5, 5.41) is 1.88. The molecule has 1 aliphatic rings. The van der Waals surface area contributed by atoms with Crippen LogP contribution in [0.15, 0.2) is 12.2 Å². The number of rotatable bonds is 2. The number of carbonyl (C=O) groups excluding carboxylic acids is 1. The molecule has 7 heteroatoms. The molecule has 3 atom stereocenters. The number of hydrogen-bond donors (Lipinski definition) is 1. The Morgan fingerprint density at radius 1 is 1.59 bits per heavy atom. The minimum Gasteiger partial charge on any atom is -0.356 e. The maximum absolute atomic E-state index is 12.1. The van der Waals surface area contributed by atoms with Crippen LogP contribution >= 0.6 is 0 Å². The van der Waals surface area contributed by atoms with Crippen molar-refractivity contribution >= 4 is 5.91 Å². The maximum Gasteiger partial charge on any atom is 0.471 e. The van der Waals surface area contributed by atoms with Gasteiger partial charge in [0, 0.05) is 13.5 Å². The van der Waals surface area contributed by atoms with E-state index in [2.05, 4.69) is 6.58 Å². The molecule has 0 aliphatic carbocycles. The second kappa shape index (κ2) is 5.05. The third-order valence-corrected chi connectivity index (χ3v) is 2.58. The molecule has 0 aromatic rings. The Bertz CT molecular complexity index is 316. The predicted molar refractivity (Wildman–Crippen MR) is 53.1 cm³/mol. The van der Waals surface area contributed by atoms with Crippen LogP contribution in [0, 0.1) is 0 Å². The van der Waals surface area contributed by atoms with Gasteiger partial charge in [-0.1, -0.05) is 6.58 Å². The molecule has 17 heavy (non-hydrogen) atoms. The third kappa shape index (κ3) is 3.44. The number of hydrogen-bond acceptors (Lipinski definition) is 3. The molecule has 0 aromatic heterocycles. The van der Waals surface area contributed by atoms with Gasteiger partial charge < -0.3 is 14.8 Å². The van der Waals surface area contributed by atoms with Crippen LogP contribution in [0.3, 0.4) is 0 Å². The van der Waals surface area contributed by atoms with Crippen LogP contribution in [-0.2, 0) is 14.3 Å². The topological polar surface area (TPSA) is 47.6 Å². The summed E-state index contributed by atoms with van der Waals surface area (Å²) >= 11 is 0. The van der Waals surface area contributed by atoms with Crippen molar-refractivity contribution in [1.29, 1.82) is 0 Å². The summed E-state index contributed by atoms with van der Waals surface area (Å²) in [4.78, 5) is 10.8. The van der Waals surface area contributed by atoms with Gasteiger partial charge in [0.15, 0.2) is 6.29 Å². The molecule has 98 valence electrons. The fraction of sp³-hybridized carbons (Fsp3) is 0.700. The van der Waals surface area contributed by atoms with Crippen LogP contribution < -0.4 is 5.32 Å². The fourth-order valence-electron chi connectivity index (χ4n) is 1.54. The molecule has 0 unspecified atom stereocenters. The van der Waals surface area contributed by atoms with Crippen molar-refractivity contribution in [3.63, 3.8) is 0 Å². The Hall–Kier alpha value is -1.08. The van der Waals surface area contributed by atoms with E-state index < -0.39 is 30.5 Å². The maximum atomic E-state index is 12.1. The Balaban J connectivity index is 2.68. The molecule has 1 saturated heterocycles. The first-order valence-electron chi connectivity index (χ1n) is 5.00. The molecule has 1 rings (SSSR count). The number of alkyl halides is 3. The van der Waals surface area contributed by atoms with E-state index in [1.807, 2.05) is 5.32 Å². The highest BCUT2D eigenvalue weighted by Gasteiger charge is 2.41. The molecule has 1 heterocycles. The lowest BCUT2D eigenvalue weighted by Gasteiger charge is -2.35. The van der Waals surface area contributed by atoms with E-state index in [1.165, 1.54) is 7.11 Å². The second-order valence-electron chi connectivity index (χ2n) is 3.78.